The second-order valence-corrected chi connectivity index (χ2v) is 4.17. The van der Waals surface area contributed by atoms with E-state index in [9.17, 15) is 5.11 Å². The van der Waals surface area contributed by atoms with Crippen LogP contribution >= 0.6 is 0 Å². The smallest absolute Gasteiger partial charge is 0.0589 e. The van der Waals surface area contributed by atoms with Crippen LogP contribution in [0.25, 0.3) is 0 Å². The molecule has 0 bridgehead atoms. The van der Waals surface area contributed by atoms with Crippen LogP contribution in [-0.2, 0) is 10.2 Å². The Kier molecular flexibility index (Phi) is 3.03. The molecule has 2 heterocycles. The minimum absolute atomic E-state index is 0.0203. The summed E-state index contributed by atoms with van der Waals surface area (Å²) in [7, 11) is 0. The molecule has 1 aromatic heterocycles. The number of aliphatic hydroxyl groups excluding tert-OH is 1. The van der Waals surface area contributed by atoms with E-state index in [0.29, 0.717) is 0 Å². The molecule has 15 heavy (non-hydrogen) atoms. The fraction of sp³-hybridized carbons (Fsp3) is 0.583. The van der Waals surface area contributed by atoms with Crippen molar-refractivity contribution in [3.63, 3.8) is 0 Å². The number of nitrogens with zero attached hydrogens (tertiary/aromatic N) is 1. The minimum Gasteiger partial charge on any atom is -0.396 e. The maximum absolute atomic E-state index is 9.42. The average Bonchev–Trinajstić information content (AvgIpc) is 2.24. The Hall–Kier alpha value is -0.930. The molecule has 1 aliphatic rings. The molecule has 1 N–H and O–H groups in total. The van der Waals surface area contributed by atoms with Gasteiger partial charge in [0.05, 0.1) is 13.2 Å². The second kappa shape index (κ2) is 4.29. The lowest BCUT2D eigenvalue weighted by molar-refractivity contribution is -0.101. The summed E-state index contributed by atoms with van der Waals surface area (Å²) in [6, 6.07) is 4.06. The third kappa shape index (κ3) is 1.66. The predicted molar refractivity (Wildman–Crippen MR) is 57.6 cm³/mol. The fourth-order valence-corrected chi connectivity index (χ4v) is 2.34. The highest BCUT2D eigenvalue weighted by molar-refractivity contribution is 5.27. The largest absolute Gasteiger partial charge is 0.396 e. The normalized spacial score (nSPS) is 20.7. The Morgan fingerprint density at radius 3 is 2.53 bits per heavy atom. The van der Waals surface area contributed by atoms with Gasteiger partial charge in [-0.15, -0.1) is 0 Å². The second-order valence-electron chi connectivity index (χ2n) is 4.17. The van der Waals surface area contributed by atoms with Gasteiger partial charge in [0.2, 0.25) is 0 Å². The van der Waals surface area contributed by atoms with Gasteiger partial charge in [0.1, 0.15) is 0 Å². The first-order chi connectivity index (χ1) is 7.33. The Morgan fingerprint density at radius 1 is 1.47 bits per heavy atom. The molecule has 3 heteroatoms. The van der Waals surface area contributed by atoms with Crippen molar-refractivity contribution < 1.29 is 9.84 Å². The zero-order valence-electron chi connectivity index (χ0n) is 9.02. The Labute approximate surface area is 90.1 Å². The van der Waals surface area contributed by atoms with Crippen LogP contribution in [0.2, 0.25) is 0 Å². The van der Waals surface area contributed by atoms with Gasteiger partial charge >= 0.3 is 0 Å². The van der Waals surface area contributed by atoms with Crippen molar-refractivity contribution in [1.29, 1.82) is 0 Å². The number of rotatable bonds is 4. The Balaban J connectivity index is 2.29. The topological polar surface area (TPSA) is 42.4 Å². The maximum Gasteiger partial charge on any atom is 0.0589 e. The number of ether oxygens (including phenoxy) is 1. The summed E-state index contributed by atoms with van der Waals surface area (Å²) in [5.74, 6) is 0.286. The van der Waals surface area contributed by atoms with Gasteiger partial charge in [-0.1, -0.05) is 13.3 Å². The molecule has 0 amide bonds. The van der Waals surface area contributed by atoms with Gasteiger partial charge < -0.3 is 9.84 Å². The number of aliphatic hydroxyl groups is 1. The van der Waals surface area contributed by atoms with E-state index in [2.05, 4.69) is 11.9 Å². The molecule has 1 saturated heterocycles. The number of pyridine rings is 1. The maximum atomic E-state index is 9.42. The average molecular weight is 207 g/mol. The van der Waals surface area contributed by atoms with Crippen molar-refractivity contribution in [2.45, 2.75) is 18.8 Å². The van der Waals surface area contributed by atoms with Crippen LogP contribution in [0.3, 0.4) is 0 Å². The minimum atomic E-state index is 0.0203. The summed E-state index contributed by atoms with van der Waals surface area (Å²) in [5, 5.41) is 9.42. The van der Waals surface area contributed by atoms with E-state index in [1.807, 2.05) is 12.1 Å². The van der Waals surface area contributed by atoms with Gasteiger partial charge in [0.25, 0.3) is 0 Å². The van der Waals surface area contributed by atoms with Crippen molar-refractivity contribution in [3.05, 3.63) is 30.1 Å². The Morgan fingerprint density at radius 2 is 2.13 bits per heavy atom. The van der Waals surface area contributed by atoms with Crippen molar-refractivity contribution in [1.82, 2.24) is 4.98 Å². The van der Waals surface area contributed by atoms with E-state index in [1.165, 1.54) is 5.56 Å². The SMILES string of the molecule is CCC(CO)C1(c2ccncc2)COC1. The van der Waals surface area contributed by atoms with E-state index in [4.69, 9.17) is 4.74 Å². The van der Waals surface area contributed by atoms with Gasteiger partial charge in [-0.25, -0.2) is 0 Å². The quantitative estimate of drug-likeness (QED) is 0.810. The van der Waals surface area contributed by atoms with Gasteiger partial charge in [0.15, 0.2) is 0 Å². The number of hydrogen-bond donors (Lipinski definition) is 1. The van der Waals surface area contributed by atoms with Gasteiger partial charge in [-0.2, -0.15) is 0 Å². The van der Waals surface area contributed by atoms with Crippen molar-refractivity contribution >= 4 is 0 Å². The molecular formula is C12H17NO2. The van der Waals surface area contributed by atoms with Crippen molar-refractivity contribution in [2.75, 3.05) is 19.8 Å². The molecule has 1 aliphatic heterocycles. The van der Waals surface area contributed by atoms with E-state index in [-0.39, 0.29) is 17.9 Å². The van der Waals surface area contributed by atoms with E-state index < -0.39 is 0 Å². The lowest BCUT2D eigenvalue weighted by atomic mass is 9.68. The van der Waals surface area contributed by atoms with Gasteiger partial charge in [-0.3, -0.25) is 4.98 Å². The molecule has 0 aromatic carbocycles. The first kappa shape index (κ1) is 10.6. The standard InChI is InChI=1S/C12H17NO2/c1-2-10(7-14)12(8-15-9-12)11-3-5-13-6-4-11/h3-6,10,14H,2,7-9H2,1H3. The predicted octanol–water partition coefficient (Wildman–Crippen LogP) is 1.37. The molecule has 1 fully saturated rings. The van der Waals surface area contributed by atoms with Crippen LogP contribution in [0.4, 0.5) is 0 Å². The third-order valence-electron chi connectivity index (χ3n) is 3.47. The molecule has 3 nitrogen and oxygen atoms in total. The summed E-state index contributed by atoms with van der Waals surface area (Å²) in [5.41, 5.74) is 1.26. The summed E-state index contributed by atoms with van der Waals surface area (Å²) in [6.07, 6.45) is 4.58. The monoisotopic (exact) mass is 207 g/mol. The van der Waals surface area contributed by atoms with Crippen LogP contribution in [0.15, 0.2) is 24.5 Å². The zero-order valence-corrected chi connectivity index (χ0v) is 9.02. The number of hydrogen-bond acceptors (Lipinski definition) is 3. The highest BCUT2D eigenvalue weighted by Crippen LogP contribution is 2.40. The lowest BCUT2D eigenvalue weighted by Gasteiger charge is -2.47. The van der Waals surface area contributed by atoms with Crippen LogP contribution in [0.5, 0.6) is 0 Å². The van der Waals surface area contributed by atoms with Crippen molar-refractivity contribution in [3.8, 4) is 0 Å². The van der Waals surface area contributed by atoms with Crippen LogP contribution in [-0.4, -0.2) is 29.9 Å². The summed E-state index contributed by atoms with van der Waals surface area (Å²) >= 11 is 0. The molecule has 2 rings (SSSR count). The van der Waals surface area contributed by atoms with Crippen LogP contribution in [0.1, 0.15) is 18.9 Å². The Bertz CT molecular complexity index is 305. The molecule has 0 spiro atoms. The van der Waals surface area contributed by atoms with E-state index >= 15 is 0 Å². The molecule has 0 saturated carbocycles. The van der Waals surface area contributed by atoms with Gasteiger partial charge in [-0.05, 0) is 23.6 Å². The molecule has 1 unspecified atom stereocenters. The fourth-order valence-electron chi connectivity index (χ4n) is 2.34. The molecular weight excluding hydrogens is 190 g/mol. The molecule has 1 atom stereocenters. The highest BCUT2D eigenvalue weighted by Gasteiger charge is 2.45. The first-order valence-electron chi connectivity index (χ1n) is 5.42. The first-order valence-corrected chi connectivity index (χ1v) is 5.42. The number of aromatic nitrogens is 1. The summed E-state index contributed by atoms with van der Waals surface area (Å²) < 4.78 is 5.35. The van der Waals surface area contributed by atoms with Crippen molar-refractivity contribution in [2.24, 2.45) is 5.92 Å². The molecule has 0 aliphatic carbocycles. The van der Waals surface area contributed by atoms with Gasteiger partial charge in [0, 0.05) is 24.4 Å². The molecule has 82 valence electrons. The van der Waals surface area contributed by atoms with E-state index in [0.717, 1.165) is 19.6 Å². The zero-order chi connectivity index (χ0) is 10.7. The third-order valence-corrected chi connectivity index (χ3v) is 3.47. The molecule has 1 aromatic rings. The summed E-state index contributed by atoms with van der Waals surface area (Å²) in [4.78, 5) is 4.02. The highest BCUT2D eigenvalue weighted by atomic mass is 16.5. The summed E-state index contributed by atoms with van der Waals surface area (Å²) in [6.45, 7) is 3.77. The van der Waals surface area contributed by atoms with Crippen LogP contribution in [0, 0.1) is 5.92 Å². The molecule has 0 radical (unpaired) electrons. The lowest BCUT2D eigenvalue weighted by Crippen LogP contribution is -2.53. The van der Waals surface area contributed by atoms with E-state index in [1.54, 1.807) is 12.4 Å². The van der Waals surface area contributed by atoms with Crippen LogP contribution < -0.4 is 0 Å².